The minimum absolute atomic E-state index is 0.248. The smallest absolute Gasteiger partial charge is 0.356 e. The normalized spacial score (nSPS) is 18.3. The Morgan fingerprint density at radius 1 is 1.19 bits per heavy atom. The monoisotopic (exact) mass is 508 g/mol. The van der Waals surface area contributed by atoms with Gasteiger partial charge in [-0.2, -0.15) is 11.8 Å². The Morgan fingerprint density at radius 2 is 2.00 bits per heavy atom. The molecule has 1 aromatic carbocycles. The van der Waals surface area contributed by atoms with E-state index in [1.807, 2.05) is 46.8 Å². The molecule has 2 aliphatic heterocycles. The first-order valence-electron chi connectivity index (χ1n) is 12.5. The van der Waals surface area contributed by atoms with Crippen LogP contribution >= 0.6 is 11.8 Å². The number of aryl methyl sites for hydroxylation is 2. The zero-order valence-corrected chi connectivity index (χ0v) is 21.3. The molecular formula is C27H32N4O4S. The Balaban J connectivity index is 1.55. The van der Waals surface area contributed by atoms with E-state index in [2.05, 4.69) is 22.8 Å². The number of ether oxygens (including phenoxy) is 2. The number of anilines is 2. The van der Waals surface area contributed by atoms with E-state index in [9.17, 15) is 9.59 Å². The highest BCUT2D eigenvalue weighted by Gasteiger charge is 2.30. The Labute approximate surface area is 215 Å². The first-order chi connectivity index (χ1) is 17.6. The minimum atomic E-state index is -0.521. The molecule has 2 fully saturated rings. The van der Waals surface area contributed by atoms with Crippen molar-refractivity contribution in [2.24, 2.45) is 0 Å². The lowest BCUT2D eigenvalue weighted by atomic mass is 10.1. The van der Waals surface area contributed by atoms with Crippen LogP contribution in [-0.4, -0.2) is 58.8 Å². The number of nitrogens with zero attached hydrogens (tertiary/aromatic N) is 2. The fourth-order valence-corrected chi connectivity index (χ4v) is 6.01. The van der Waals surface area contributed by atoms with Crippen LogP contribution in [0.4, 0.5) is 11.4 Å². The van der Waals surface area contributed by atoms with Crippen molar-refractivity contribution in [1.29, 1.82) is 0 Å². The number of carbonyl (C=O) groups is 2. The average molecular weight is 509 g/mol. The van der Waals surface area contributed by atoms with Gasteiger partial charge >= 0.3 is 5.97 Å². The number of hydrogen-bond donors (Lipinski definition) is 2. The third-order valence-corrected chi connectivity index (χ3v) is 7.86. The Morgan fingerprint density at radius 3 is 2.72 bits per heavy atom. The summed E-state index contributed by atoms with van der Waals surface area (Å²) >= 11 is 1.98. The predicted molar refractivity (Wildman–Crippen MR) is 143 cm³/mol. The van der Waals surface area contributed by atoms with E-state index in [1.54, 1.807) is 0 Å². The molecule has 3 aromatic rings. The molecule has 4 heterocycles. The van der Waals surface area contributed by atoms with E-state index in [0.29, 0.717) is 54.4 Å². The van der Waals surface area contributed by atoms with Gasteiger partial charge in [0.25, 0.3) is 5.91 Å². The number of nitrogens with one attached hydrogen (secondary N) is 2. The van der Waals surface area contributed by atoms with Crippen LogP contribution in [0, 0.1) is 0 Å². The summed E-state index contributed by atoms with van der Waals surface area (Å²) in [6.45, 7) is 1.08. The number of esters is 1. The van der Waals surface area contributed by atoms with Crippen molar-refractivity contribution in [3.8, 4) is 0 Å². The van der Waals surface area contributed by atoms with E-state index in [-0.39, 0.29) is 5.91 Å². The molecule has 2 aromatic heterocycles. The van der Waals surface area contributed by atoms with E-state index >= 15 is 0 Å². The molecule has 2 saturated heterocycles. The number of aromatic nitrogens is 2. The molecule has 0 aliphatic carbocycles. The lowest BCUT2D eigenvalue weighted by molar-refractivity contribution is -0.124. The highest BCUT2D eigenvalue weighted by Crippen LogP contribution is 2.34. The topological polar surface area (TPSA) is 94.5 Å². The summed E-state index contributed by atoms with van der Waals surface area (Å²) in [7, 11) is 1.36. The molecule has 0 spiro atoms. The Hall–Kier alpha value is -3.04. The highest BCUT2D eigenvalue weighted by molar-refractivity contribution is 7.99. The van der Waals surface area contributed by atoms with Crippen molar-refractivity contribution in [2.45, 2.75) is 50.8 Å². The van der Waals surface area contributed by atoms with Gasteiger partial charge < -0.3 is 24.7 Å². The maximum Gasteiger partial charge on any atom is 0.356 e. The molecule has 0 bridgehead atoms. The largest absolute Gasteiger partial charge is 0.464 e. The van der Waals surface area contributed by atoms with Crippen LogP contribution in [-0.2, 0) is 27.2 Å². The fourth-order valence-electron chi connectivity index (χ4n) is 4.91. The summed E-state index contributed by atoms with van der Waals surface area (Å²) in [5.74, 6) is 1.52. The van der Waals surface area contributed by atoms with E-state index in [4.69, 9.17) is 14.5 Å². The number of carbonyl (C=O) groups excluding carboxylic acids is 2. The van der Waals surface area contributed by atoms with Gasteiger partial charge in [0, 0.05) is 24.6 Å². The summed E-state index contributed by atoms with van der Waals surface area (Å²) in [5.41, 5.74) is 3.39. The molecule has 9 heteroatoms. The molecule has 1 amide bonds. The number of benzene rings is 1. The van der Waals surface area contributed by atoms with Crippen LogP contribution in [0.15, 0.2) is 42.6 Å². The van der Waals surface area contributed by atoms with Crippen molar-refractivity contribution >= 4 is 46.0 Å². The molecule has 1 unspecified atom stereocenters. The van der Waals surface area contributed by atoms with Gasteiger partial charge in [0.05, 0.1) is 24.7 Å². The summed E-state index contributed by atoms with van der Waals surface area (Å²) in [6, 6.07) is 12.5. The molecule has 0 saturated carbocycles. The molecule has 1 atom stereocenters. The fraction of sp³-hybridized carbons (Fsp3) is 0.444. The number of methoxy groups -OCH3 is 1. The molecular weight excluding hydrogens is 476 g/mol. The second kappa shape index (κ2) is 11.3. The quantitative estimate of drug-likeness (QED) is 0.433. The van der Waals surface area contributed by atoms with Crippen LogP contribution in [0.5, 0.6) is 0 Å². The van der Waals surface area contributed by atoms with E-state index < -0.39 is 12.1 Å². The second-order valence-corrected chi connectivity index (χ2v) is 10.4. The predicted octanol–water partition coefficient (Wildman–Crippen LogP) is 4.49. The van der Waals surface area contributed by atoms with Crippen LogP contribution in [0.2, 0.25) is 0 Å². The SMILES string of the molecule is COC(=O)c1c(NC(=O)C2CCCO2)c2cc(NC3CCSCC3)cnc2n1CCc1ccccc1. The van der Waals surface area contributed by atoms with Crippen molar-refractivity contribution in [2.75, 3.05) is 35.9 Å². The summed E-state index contributed by atoms with van der Waals surface area (Å²) in [4.78, 5) is 30.9. The maximum atomic E-state index is 13.1. The molecule has 2 aliphatic rings. The van der Waals surface area contributed by atoms with Gasteiger partial charge in [-0.15, -0.1) is 0 Å². The number of amides is 1. The number of thioether (sulfide) groups is 1. The van der Waals surface area contributed by atoms with Gasteiger partial charge in [-0.05, 0) is 55.2 Å². The maximum absolute atomic E-state index is 13.1. The van der Waals surface area contributed by atoms with Gasteiger partial charge in [-0.3, -0.25) is 4.79 Å². The molecule has 36 heavy (non-hydrogen) atoms. The third kappa shape index (κ3) is 5.37. The van der Waals surface area contributed by atoms with Gasteiger partial charge in [-0.1, -0.05) is 30.3 Å². The average Bonchev–Trinajstić information content (AvgIpc) is 3.55. The molecule has 190 valence electrons. The van der Waals surface area contributed by atoms with Crippen molar-refractivity contribution < 1.29 is 19.1 Å². The van der Waals surface area contributed by atoms with Gasteiger partial charge in [-0.25, -0.2) is 9.78 Å². The molecule has 8 nitrogen and oxygen atoms in total. The summed E-state index contributed by atoms with van der Waals surface area (Å²) < 4.78 is 12.6. The first-order valence-corrected chi connectivity index (χ1v) is 13.7. The van der Waals surface area contributed by atoms with E-state index in [1.165, 1.54) is 7.11 Å². The van der Waals surface area contributed by atoms with Gasteiger partial charge in [0.2, 0.25) is 0 Å². The Bertz CT molecular complexity index is 1220. The van der Waals surface area contributed by atoms with Crippen molar-refractivity contribution in [1.82, 2.24) is 9.55 Å². The lowest BCUT2D eigenvalue weighted by Crippen LogP contribution is -2.28. The Kier molecular flexibility index (Phi) is 7.77. The van der Waals surface area contributed by atoms with Crippen molar-refractivity contribution in [3.05, 3.63) is 53.9 Å². The molecule has 5 rings (SSSR count). The van der Waals surface area contributed by atoms with Crippen molar-refractivity contribution in [3.63, 3.8) is 0 Å². The number of rotatable bonds is 8. The van der Waals surface area contributed by atoms with E-state index in [0.717, 1.165) is 42.0 Å². The molecule has 2 N–H and O–H groups in total. The number of hydrogen-bond acceptors (Lipinski definition) is 7. The van der Waals surface area contributed by atoms with Crippen LogP contribution in [0.25, 0.3) is 11.0 Å². The summed E-state index contributed by atoms with van der Waals surface area (Å²) in [6.07, 6.45) is 5.69. The second-order valence-electron chi connectivity index (χ2n) is 9.22. The third-order valence-electron chi connectivity index (χ3n) is 6.81. The highest BCUT2D eigenvalue weighted by atomic mass is 32.2. The zero-order valence-electron chi connectivity index (χ0n) is 20.5. The number of pyridine rings is 1. The standard InChI is InChI=1S/C27H32N4O4S/c1-34-27(33)24-23(30-26(32)22-8-5-13-35-22)21-16-20(29-19-10-14-36-15-11-19)17-28-25(21)31(24)12-9-18-6-3-2-4-7-18/h2-4,6-7,16-17,19,22,29H,5,8-15H2,1H3,(H,30,32). The van der Waals surface area contributed by atoms with Crippen LogP contribution in [0.3, 0.4) is 0 Å². The minimum Gasteiger partial charge on any atom is -0.464 e. The van der Waals surface area contributed by atoms with Gasteiger partial charge in [0.1, 0.15) is 11.8 Å². The first kappa shape index (κ1) is 24.6. The zero-order chi connectivity index (χ0) is 24.9. The van der Waals surface area contributed by atoms with Gasteiger partial charge in [0.15, 0.2) is 5.69 Å². The van der Waals surface area contributed by atoms with Crippen LogP contribution in [0.1, 0.15) is 41.7 Å². The molecule has 0 radical (unpaired) electrons. The summed E-state index contributed by atoms with van der Waals surface area (Å²) in [5, 5.41) is 7.32. The number of fused-ring (bicyclic) bond motifs is 1. The lowest BCUT2D eigenvalue weighted by Gasteiger charge is -2.23. The van der Waals surface area contributed by atoms with Crippen LogP contribution < -0.4 is 10.6 Å².